The number of amides is 1. The number of hydrogen-bond acceptors (Lipinski definition) is 4. The van der Waals surface area contributed by atoms with Crippen molar-refractivity contribution in [1.29, 1.82) is 0 Å². The number of carbonyl (C=O) groups is 2. The second-order valence-electron chi connectivity index (χ2n) is 5.18. The number of rotatable bonds is 4. The highest BCUT2D eigenvalue weighted by Gasteiger charge is 2.32. The van der Waals surface area contributed by atoms with E-state index < -0.39 is 12.6 Å². The van der Waals surface area contributed by atoms with E-state index in [4.69, 9.17) is 16.7 Å². The van der Waals surface area contributed by atoms with Crippen molar-refractivity contribution in [3.63, 3.8) is 0 Å². The molecule has 3 rings (SSSR count). The molecule has 23 heavy (non-hydrogen) atoms. The monoisotopic (exact) mass is 335 g/mol. The minimum atomic E-state index is -1.26. The molecule has 1 aromatic heterocycles. The van der Waals surface area contributed by atoms with Crippen LogP contribution in [-0.2, 0) is 19.7 Å². The number of benzene rings is 1. The van der Waals surface area contributed by atoms with E-state index in [0.29, 0.717) is 24.7 Å². The summed E-state index contributed by atoms with van der Waals surface area (Å²) in [4.78, 5) is 25.4. The molecule has 0 unspecified atom stereocenters. The molecule has 2 N–H and O–H groups in total. The molecule has 8 heteroatoms. The fourth-order valence-corrected chi connectivity index (χ4v) is 2.87. The van der Waals surface area contributed by atoms with Crippen LogP contribution in [0.2, 0.25) is 5.02 Å². The number of carbonyl (C=O) groups excluding carboxylic acids is 1. The fraction of sp³-hybridized carbons (Fsp3) is 0.267. The average Bonchev–Trinajstić information content (AvgIpc) is 2.91. The van der Waals surface area contributed by atoms with Crippen molar-refractivity contribution in [2.75, 3.05) is 6.54 Å². The van der Waals surface area contributed by atoms with Gasteiger partial charge in [0, 0.05) is 23.7 Å². The third-order valence-corrected chi connectivity index (χ3v) is 4.17. The van der Waals surface area contributed by atoms with Crippen molar-refractivity contribution >= 4 is 23.5 Å². The largest absolute Gasteiger partial charge is 0.476 e. The van der Waals surface area contributed by atoms with Gasteiger partial charge in [-0.25, -0.2) is 4.79 Å². The Morgan fingerprint density at radius 1 is 1.30 bits per heavy atom. The number of carboxylic acid groups (broad SMARTS) is 1. The van der Waals surface area contributed by atoms with Crippen LogP contribution in [0.4, 0.5) is 0 Å². The minimum Gasteiger partial charge on any atom is -0.476 e. The summed E-state index contributed by atoms with van der Waals surface area (Å²) in [6, 6.07) is 7.22. The lowest BCUT2D eigenvalue weighted by Gasteiger charge is -2.28. The second-order valence-corrected chi connectivity index (χ2v) is 5.59. The molecular formula is C15H14ClN3O4. The molecule has 0 saturated carbocycles. The first-order valence-electron chi connectivity index (χ1n) is 6.99. The number of fused-ring (bicyclic) bond motifs is 1. The lowest BCUT2D eigenvalue weighted by Crippen LogP contribution is -2.40. The van der Waals surface area contributed by atoms with E-state index in [9.17, 15) is 14.7 Å². The molecule has 0 radical (unpaired) electrons. The van der Waals surface area contributed by atoms with Gasteiger partial charge in [0.25, 0.3) is 5.91 Å². The predicted octanol–water partition coefficient (Wildman–Crippen LogP) is 1.38. The van der Waals surface area contributed by atoms with Crippen LogP contribution < -0.4 is 0 Å². The van der Waals surface area contributed by atoms with Crippen LogP contribution in [0.5, 0.6) is 0 Å². The summed E-state index contributed by atoms with van der Waals surface area (Å²) in [7, 11) is 0. The first-order valence-corrected chi connectivity index (χ1v) is 7.37. The van der Waals surface area contributed by atoms with Crippen molar-refractivity contribution in [3.05, 3.63) is 51.8 Å². The Labute approximate surface area is 136 Å². The summed E-state index contributed by atoms with van der Waals surface area (Å²) in [5, 5.41) is 23.1. The highest BCUT2D eigenvalue weighted by Crippen LogP contribution is 2.24. The Morgan fingerprint density at radius 3 is 2.70 bits per heavy atom. The van der Waals surface area contributed by atoms with E-state index in [1.54, 1.807) is 11.0 Å². The standard InChI is InChI=1S/C15H14ClN3O4/c16-11-4-2-1-3-9(11)7-18-5-6-19-13(14(18)21)10(8-20)12(17-19)15(22)23/h1-4,20H,5-8H2,(H,22,23). The second kappa shape index (κ2) is 6.02. The van der Waals surface area contributed by atoms with E-state index in [2.05, 4.69) is 5.10 Å². The number of nitrogens with zero attached hydrogens (tertiary/aromatic N) is 3. The third kappa shape index (κ3) is 2.69. The van der Waals surface area contributed by atoms with Gasteiger partial charge in [-0.3, -0.25) is 9.48 Å². The lowest BCUT2D eigenvalue weighted by molar-refractivity contribution is 0.0670. The van der Waals surface area contributed by atoms with Gasteiger partial charge in [0.05, 0.1) is 13.2 Å². The fourth-order valence-electron chi connectivity index (χ4n) is 2.67. The molecule has 2 heterocycles. The maximum atomic E-state index is 12.7. The van der Waals surface area contributed by atoms with E-state index >= 15 is 0 Å². The number of aromatic nitrogens is 2. The first kappa shape index (κ1) is 15.5. The van der Waals surface area contributed by atoms with Gasteiger partial charge in [-0.1, -0.05) is 29.8 Å². The minimum absolute atomic E-state index is 0.0476. The Hall–Kier alpha value is -2.38. The van der Waals surface area contributed by atoms with Crippen LogP contribution >= 0.6 is 11.6 Å². The van der Waals surface area contributed by atoms with Crippen LogP contribution in [0.3, 0.4) is 0 Å². The molecule has 0 spiro atoms. The zero-order valence-corrected chi connectivity index (χ0v) is 12.8. The molecule has 0 fully saturated rings. The molecular weight excluding hydrogens is 322 g/mol. The van der Waals surface area contributed by atoms with Crippen molar-refractivity contribution in [1.82, 2.24) is 14.7 Å². The number of carboxylic acids is 1. The number of hydrogen-bond donors (Lipinski definition) is 2. The average molecular weight is 336 g/mol. The van der Waals surface area contributed by atoms with Gasteiger partial charge in [0.1, 0.15) is 5.69 Å². The SMILES string of the molecule is O=C(O)c1nn2c(c1CO)C(=O)N(Cc1ccccc1Cl)CC2. The van der Waals surface area contributed by atoms with Crippen molar-refractivity contribution < 1.29 is 19.8 Å². The molecule has 1 aliphatic rings. The zero-order chi connectivity index (χ0) is 16.6. The Morgan fingerprint density at radius 2 is 2.04 bits per heavy atom. The maximum Gasteiger partial charge on any atom is 0.356 e. The Balaban J connectivity index is 1.94. The predicted molar refractivity (Wildman–Crippen MR) is 81.3 cm³/mol. The third-order valence-electron chi connectivity index (χ3n) is 3.80. The zero-order valence-electron chi connectivity index (χ0n) is 12.1. The van der Waals surface area contributed by atoms with Gasteiger partial charge >= 0.3 is 5.97 Å². The lowest BCUT2D eigenvalue weighted by atomic mass is 10.1. The Bertz CT molecular complexity index is 787. The quantitative estimate of drug-likeness (QED) is 0.880. The molecule has 7 nitrogen and oxygen atoms in total. The molecule has 0 bridgehead atoms. The topological polar surface area (TPSA) is 95.7 Å². The number of halogens is 1. The van der Waals surface area contributed by atoms with E-state index in [-0.39, 0.29) is 22.9 Å². The van der Waals surface area contributed by atoms with E-state index in [1.165, 1.54) is 4.68 Å². The van der Waals surface area contributed by atoms with E-state index in [1.807, 2.05) is 18.2 Å². The van der Waals surface area contributed by atoms with Gasteiger partial charge in [-0.15, -0.1) is 0 Å². The van der Waals surface area contributed by atoms with Gasteiger partial charge in [0.2, 0.25) is 0 Å². The summed E-state index contributed by atoms with van der Waals surface area (Å²) in [6.45, 7) is 0.522. The molecule has 1 aliphatic heterocycles. The van der Waals surface area contributed by atoms with Gasteiger partial charge in [-0.05, 0) is 11.6 Å². The normalized spacial score (nSPS) is 14.0. The smallest absolute Gasteiger partial charge is 0.356 e. The number of aromatic carboxylic acids is 1. The van der Waals surface area contributed by atoms with Crippen LogP contribution in [0.1, 0.15) is 32.1 Å². The molecule has 120 valence electrons. The van der Waals surface area contributed by atoms with Crippen molar-refractivity contribution in [2.45, 2.75) is 19.7 Å². The van der Waals surface area contributed by atoms with Gasteiger partial charge < -0.3 is 15.1 Å². The summed E-state index contributed by atoms with van der Waals surface area (Å²) < 4.78 is 1.35. The molecule has 0 saturated heterocycles. The molecule has 2 aromatic rings. The highest BCUT2D eigenvalue weighted by atomic mass is 35.5. The summed E-state index contributed by atoms with van der Waals surface area (Å²) in [6.07, 6.45) is 0. The van der Waals surface area contributed by atoms with Crippen molar-refractivity contribution in [2.24, 2.45) is 0 Å². The molecule has 0 aliphatic carbocycles. The Kier molecular flexibility index (Phi) is 4.06. The number of aliphatic hydroxyl groups excluding tert-OH is 1. The summed E-state index contributed by atoms with van der Waals surface area (Å²) in [5.41, 5.74) is 0.699. The number of aliphatic hydroxyl groups is 1. The molecule has 1 aromatic carbocycles. The maximum absolute atomic E-state index is 12.7. The first-order chi connectivity index (χ1) is 11.0. The summed E-state index contributed by atoms with van der Waals surface area (Å²) in [5.74, 6) is -1.62. The molecule has 1 amide bonds. The van der Waals surface area contributed by atoms with Gasteiger partial charge in [-0.2, -0.15) is 5.10 Å². The van der Waals surface area contributed by atoms with Gasteiger partial charge in [0.15, 0.2) is 5.69 Å². The van der Waals surface area contributed by atoms with Crippen LogP contribution in [0, 0.1) is 0 Å². The van der Waals surface area contributed by atoms with E-state index in [0.717, 1.165) is 5.56 Å². The molecule has 0 atom stereocenters. The van der Waals surface area contributed by atoms with Crippen molar-refractivity contribution in [3.8, 4) is 0 Å². The highest BCUT2D eigenvalue weighted by molar-refractivity contribution is 6.31. The van der Waals surface area contributed by atoms with Crippen LogP contribution in [0.15, 0.2) is 24.3 Å². The van der Waals surface area contributed by atoms with Crippen LogP contribution in [0.25, 0.3) is 0 Å². The van der Waals surface area contributed by atoms with Crippen LogP contribution in [-0.4, -0.2) is 43.3 Å². The summed E-state index contributed by atoms with van der Waals surface area (Å²) >= 11 is 6.12.